The van der Waals surface area contributed by atoms with Crippen molar-refractivity contribution in [1.82, 2.24) is 15.5 Å². The quantitative estimate of drug-likeness (QED) is 0.699. The first-order valence-corrected chi connectivity index (χ1v) is 11.0. The van der Waals surface area contributed by atoms with Crippen LogP contribution in [0.1, 0.15) is 52.8 Å². The monoisotopic (exact) mass is 428 g/mol. The van der Waals surface area contributed by atoms with Gasteiger partial charge in [-0.1, -0.05) is 0 Å². The molecule has 2 unspecified atom stereocenters. The topological polar surface area (TPSA) is 98.8 Å². The highest BCUT2D eigenvalue weighted by Crippen LogP contribution is 2.38. The molecule has 4 aliphatic rings. The number of nitrogens with zero attached hydrogens (tertiary/aromatic N) is 2. The molecule has 9 heteroatoms. The third-order valence-corrected chi connectivity index (χ3v) is 7.15. The molecule has 4 amide bonds. The number of imide groups is 2. The third kappa shape index (κ3) is 3.31. The van der Waals surface area contributed by atoms with E-state index in [0.29, 0.717) is 24.9 Å². The second-order valence-electron chi connectivity index (χ2n) is 8.84. The Morgan fingerprint density at radius 3 is 2.39 bits per heavy atom. The first-order valence-electron chi connectivity index (χ1n) is 11.0. The summed E-state index contributed by atoms with van der Waals surface area (Å²) in [6, 6.07) is 1.49. The van der Waals surface area contributed by atoms with E-state index >= 15 is 0 Å². The summed E-state index contributed by atoms with van der Waals surface area (Å²) >= 11 is 0. The van der Waals surface area contributed by atoms with Gasteiger partial charge in [-0.3, -0.25) is 29.4 Å². The smallest absolute Gasteiger partial charge is 0.264 e. The van der Waals surface area contributed by atoms with Crippen LogP contribution < -0.4 is 15.5 Å². The van der Waals surface area contributed by atoms with Gasteiger partial charge in [0, 0.05) is 19.5 Å². The molecule has 1 aromatic rings. The maximum Gasteiger partial charge on any atom is 0.264 e. The van der Waals surface area contributed by atoms with Crippen LogP contribution in [0.25, 0.3) is 0 Å². The zero-order valence-electron chi connectivity index (χ0n) is 17.2. The van der Waals surface area contributed by atoms with Gasteiger partial charge in [-0.15, -0.1) is 0 Å². The number of carbonyl (C=O) groups excluding carboxylic acids is 4. The van der Waals surface area contributed by atoms with Crippen LogP contribution in [0.3, 0.4) is 0 Å². The molecular weight excluding hydrogens is 403 g/mol. The minimum Gasteiger partial charge on any atom is -0.368 e. The summed E-state index contributed by atoms with van der Waals surface area (Å²) < 4.78 is 15.0. The fourth-order valence-electron chi connectivity index (χ4n) is 5.50. The lowest BCUT2D eigenvalue weighted by Crippen LogP contribution is -2.54. The van der Waals surface area contributed by atoms with Crippen molar-refractivity contribution in [3.05, 3.63) is 29.1 Å². The first kappa shape index (κ1) is 20.1. The highest BCUT2D eigenvalue weighted by Gasteiger charge is 2.47. The summed E-state index contributed by atoms with van der Waals surface area (Å²) in [6.07, 6.45) is 3.11. The normalized spacial score (nSPS) is 27.1. The minimum absolute atomic E-state index is 0.0377. The van der Waals surface area contributed by atoms with Crippen molar-refractivity contribution >= 4 is 29.3 Å². The van der Waals surface area contributed by atoms with Crippen LogP contribution in [-0.2, 0) is 9.59 Å². The number of benzene rings is 1. The molecule has 4 aliphatic heterocycles. The third-order valence-electron chi connectivity index (χ3n) is 7.15. The Morgan fingerprint density at radius 1 is 0.935 bits per heavy atom. The lowest BCUT2D eigenvalue weighted by atomic mass is 9.83. The molecule has 3 fully saturated rings. The minimum atomic E-state index is -1.05. The van der Waals surface area contributed by atoms with Crippen LogP contribution in [-0.4, -0.2) is 60.7 Å². The number of fused-ring (bicyclic) bond motifs is 1. The number of hydrogen-bond donors (Lipinski definition) is 2. The van der Waals surface area contributed by atoms with Crippen LogP contribution >= 0.6 is 0 Å². The maximum absolute atomic E-state index is 15.0. The number of rotatable bonds is 3. The van der Waals surface area contributed by atoms with Crippen molar-refractivity contribution in [2.24, 2.45) is 11.8 Å². The summed E-state index contributed by atoms with van der Waals surface area (Å²) in [4.78, 5) is 52.8. The molecule has 164 valence electrons. The van der Waals surface area contributed by atoms with Crippen molar-refractivity contribution in [1.29, 1.82) is 0 Å². The highest BCUT2D eigenvalue weighted by molar-refractivity contribution is 6.25. The van der Waals surface area contributed by atoms with Crippen molar-refractivity contribution < 1.29 is 23.6 Å². The predicted octanol–water partition coefficient (Wildman–Crippen LogP) is 1.05. The van der Waals surface area contributed by atoms with Gasteiger partial charge in [-0.25, -0.2) is 4.39 Å². The van der Waals surface area contributed by atoms with Gasteiger partial charge in [0.25, 0.3) is 11.8 Å². The van der Waals surface area contributed by atoms with Gasteiger partial charge >= 0.3 is 0 Å². The first-order chi connectivity index (χ1) is 15.0. The van der Waals surface area contributed by atoms with E-state index < -0.39 is 35.5 Å². The standard InChI is InChI=1S/C22H25FN4O4/c23-15-2-1-14-18(19(15)26-9-6-12(7-10-26)13-5-8-24-11-13)22(31)27(21(14)30)16-3-4-17(28)25-20(16)29/h1-2,12-13,16,24H,3-11H2,(H,25,28,29). The number of nitrogens with one attached hydrogen (secondary N) is 2. The molecule has 0 spiro atoms. The van der Waals surface area contributed by atoms with Crippen molar-refractivity contribution in [2.75, 3.05) is 31.1 Å². The van der Waals surface area contributed by atoms with Gasteiger partial charge < -0.3 is 10.2 Å². The number of amides is 4. The lowest BCUT2D eigenvalue weighted by Gasteiger charge is -2.36. The molecule has 8 nitrogen and oxygen atoms in total. The molecule has 0 aromatic heterocycles. The van der Waals surface area contributed by atoms with Crippen LogP contribution in [0, 0.1) is 17.7 Å². The summed E-state index contributed by atoms with van der Waals surface area (Å²) in [5.74, 6) is -1.69. The number of piperidine rings is 2. The van der Waals surface area contributed by atoms with Gasteiger partial charge in [0.15, 0.2) is 0 Å². The molecule has 0 saturated carbocycles. The summed E-state index contributed by atoms with van der Waals surface area (Å²) in [7, 11) is 0. The molecule has 0 aliphatic carbocycles. The zero-order chi connectivity index (χ0) is 21.7. The van der Waals surface area contributed by atoms with E-state index in [0.717, 1.165) is 37.3 Å². The van der Waals surface area contributed by atoms with E-state index in [1.165, 1.54) is 12.1 Å². The van der Waals surface area contributed by atoms with Crippen molar-refractivity contribution in [3.8, 4) is 0 Å². The van der Waals surface area contributed by atoms with Crippen molar-refractivity contribution in [2.45, 2.75) is 38.1 Å². The van der Waals surface area contributed by atoms with Gasteiger partial charge in [-0.05, 0) is 62.7 Å². The molecule has 31 heavy (non-hydrogen) atoms. The van der Waals surface area contributed by atoms with Crippen LogP contribution in [0.5, 0.6) is 0 Å². The maximum atomic E-state index is 15.0. The molecule has 0 radical (unpaired) electrons. The van der Waals surface area contributed by atoms with Crippen LogP contribution in [0.15, 0.2) is 12.1 Å². The van der Waals surface area contributed by atoms with E-state index in [1.807, 2.05) is 4.90 Å². The Morgan fingerprint density at radius 2 is 1.71 bits per heavy atom. The average molecular weight is 428 g/mol. The molecule has 2 atom stereocenters. The number of hydrogen-bond acceptors (Lipinski definition) is 6. The summed E-state index contributed by atoms with van der Waals surface area (Å²) in [5, 5.41) is 5.58. The largest absolute Gasteiger partial charge is 0.368 e. The molecule has 1 aromatic carbocycles. The van der Waals surface area contributed by atoms with Gasteiger partial charge in [-0.2, -0.15) is 0 Å². The van der Waals surface area contributed by atoms with Crippen molar-refractivity contribution in [3.63, 3.8) is 0 Å². The number of halogens is 1. The fourth-order valence-corrected chi connectivity index (χ4v) is 5.50. The second-order valence-corrected chi connectivity index (χ2v) is 8.84. The van der Waals surface area contributed by atoms with E-state index in [1.54, 1.807) is 0 Å². The van der Waals surface area contributed by atoms with E-state index in [2.05, 4.69) is 10.6 Å². The summed E-state index contributed by atoms with van der Waals surface area (Å²) in [6.45, 7) is 3.30. The van der Waals surface area contributed by atoms with Crippen LogP contribution in [0.2, 0.25) is 0 Å². The molecule has 5 rings (SSSR count). The highest BCUT2D eigenvalue weighted by atomic mass is 19.1. The molecule has 2 N–H and O–H groups in total. The van der Waals surface area contributed by atoms with E-state index in [-0.39, 0.29) is 29.7 Å². The number of anilines is 1. The predicted molar refractivity (Wildman–Crippen MR) is 109 cm³/mol. The van der Waals surface area contributed by atoms with Gasteiger partial charge in [0.2, 0.25) is 11.8 Å². The van der Waals surface area contributed by atoms with Gasteiger partial charge in [0.05, 0.1) is 16.8 Å². The van der Waals surface area contributed by atoms with E-state index in [9.17, 15) is 23.6 Å². The lowest BCUT2D eigenvalue weighted by molar-refractivity contribution is -0.136. The molecular formula is C22H25FN4O4. The van der Waals surface area contributed by atoms with E-state index in [4.69, 9.17) is 0 Å². The molecule has 0 bridgehead atoms. The summed E-state index contributed by atoms with van der Waals surface area (Å²) in [5.41, 5.74) is 0.317. The Bertz CT molecular complexity index is 967. The Kier molecular flexibility index (Phi) is 5.00. The SMILES string of the molecule is O=C1CCC(N2C(=O)c3ccc(F)c(N4CCC(C5CCNC5)CC4)c3C2=O)C(=O)N1. The molecule has 3 saturated heterocycles. The van der Waals surface area contributed by atoms with Crippen LogP contribution in [0.4, 0.5) is 10.1 Å². The fraction of sp³-hybridized carbons (Fsp3) is 0.545. The molecule has 4 heterocycles. The Hall–Kier alpha value is -2.81. The second kappa shape index (κ2) is 7.71. The van der Waals surface area contributed by atoms with Gasteiger partial charge in [0.1, 0.15) is 11.9 Å². The number of carbonyl (C=O) groups is 4. The zero-order valence-corrected chi connectivity index (χ0v) is 17.2. The Labute approximate surface area is 179 Å². The average Bonchev–Trinajstić information content (AvgIpc) is 3.37. The Balaban J connectivity index is 1.41.